The number of alkyl halides is 3. The molecule has 8 heteroatoms. The summed E-state index contributed by atoms with van der Waals surface area (Å²) in [6.45, 7) is 0. The first-order chi connectivity index (χ1) is 9.32. The summed E-state index contributed by atoms with van der Waals surface area (Å²) < 4.78 is 64.4. The second-order valence-electron chi connectivity index (χ2n) is 3.95. The highest BCUT2D eigenvalue weighted by atomic mass is 32.1. The van der Waals surface area contributed by atoms with Gasteiger partial charge in [-0.05, 0) is 25.2 Å². The van der Waals surface area contributed by atoms with Crippen molar-refractivity contribution >= 4 is 11.3 Å². The summed E-state index contributed by atoms with van der Waals surface area (Å²) in [5, 5.41) is 1.64. The molecule has 20 heavy (non-hydrogen) atoms. The van der Waals surface area contributed by atoms with Gasteiger partial charge < -0.3 is 5.32 Å². The summed E-state index contributed by atoms with van der Waals surface area (Å²) in [4.78, 5) is 3.43. The molecule has 0 saturated carbocycles. The third kappa shape index (κ3) is 2.96. The molecule has 1 N–H and O–H groups in total. The van der Waals surface area contributed by atoms with Crippen LogP contribution in [0.5, 0.6) is 0 Å². The second kappa shape index (κ2) is 5.45. The van der Waals surface area contributed by atoms with Crippen LogP contribution < -0.4 is 5.32 Å². The van der Waals surface area contributed by atoms with E-state index in [1.54, 1.807) is 0 Å². The predicted octanol–water partition coefficient (Wildman–Crippen LogP) is 3.75. The number of hydrogen-bond donors (Lipinski definition) is 1. The molecule has 0 saturated heterocycles. The number of hydrogen-bond acceptors (Lipinski definition) is 3. The van der Waals surface area contributed by atoms with Crippen LogP contribution in [0.2, 0.25) is 0 Å². The molecule has 1 aromatic heterocycles. The summed E-state index contributed by atoms with van der Waals surface area (Å²) in [7, 11) is 1.45. The topological polar surface area (TPSA) is 24.9 Å². The molecule has 108 valence electrons. The maximum atomic E-state index is 13.7. The Morgan fingerprint density at radius 3 is 2.50 bits per heavy atom. The van der Waals surface area contributed by atoms with E-state index in [0.717, 1.165) is 24.4 Å². The van der Waals surface area contributed by atoms with Gasteiger partial charge in [-0.25, -0.2) is 13.8 Å². The number of thiazole rings is 1. The predicted molar refractivity (Wildman–Crippen MR) is 64.4 cm³/mol. The Morgan fingerprint density at radius 1 is 1.25 bits per heavy atom. The minimum absolute atomic E-state index is 0.0649. The molecule has 0 amide bonds. The SMILES string of the molecule is CNC(c1cnc(C(F)(F)F)s1)c1cc(F)ccc1F. The maximum Gasteiger partial charge on any atom is 0.443 e. The van der Waals surface area contributed by atoms with Crippen molar-refractivity contribution in [3.05, 3.63) is 51.5 Å². The number of halogens is 5. The van der Waals surface area contributed by atoms with E-state index >= 15 is 0 Å². The van der Waals surface area contributed by atoms with Gasteiger partial charge in [-0.3, -0.25) is 0 Å². The standard InChI is InChI=1S/C12H9F5N2S/c1-18-10(7-4-6(13)2-3-8(7)14)9-5-19-11(20-9)12(15,16)17/h2-5,10,18H,1H3. The molecular weight excluding hydrogens is 299 g/mol. The van der Waals surface area contributed by atoms with E-state index < -0.39 is 28.9 Å². The molecule has 0 radical (unpaired) electrons. The average molecular weight is 308 g/mol. The third-order valence-corrected chi connectivity index (χ3v) is 3.72. The summed E-state index contributed by atoms with van der Waals surface area (Å²) in [6, 6.07) is 1.93. The Kier molecular flexibility index (Phi) is 4.05. The van der Waals surface area contributed by atoms with E-state index in [2.05, 4.69) is 10.3 Å². The van der Waals surface area contributed by atoms with Crippen molar-refractivity contribution in [3.63, 3.8) is 0 Å². The molecule has 1 aromatic carbocycles. The van der Waals surface area contributed by atoms with Crippen molar-refractivity contribution in [1.82, 2.24) is 10.3 Å². The van der Waals surface area contributed by atoms with E-state index in [4.69, 9.17) is 0 Å². The Labute approximate surface area is 115 Å². The fourth-order valence-corrected chi connectivity index (χ4v) is 2.65. The largest absolute Gasteiger partial charge is 0.443 e. The van der Waals surface area contributed by atoms with Gasteiger partial charge >= 0.3 is 6.18 Å². The Balaban J connectivity index is 2.42. The highest BCUT2D eigenvalue weighted by molar-refractivity contribution is 7.11. The third-order valence-electron chi connectivity index (χ3n) is 2.61. The van der Waals surface area contributed by atoms with Crippen LogP contribution in [0.4, 0.5) is 22.0 Å². The monoisotopic (exact) mass is 308 g/mol. The zero-order valence-electron chi connectivity index (χ0n) is 10.1. The van der Waals surface area contributed by atoms with Crippen molar-refractivity contribution in [2.24, 2.45) is 0 Å². The molecule has 2 aromatic rings. The van der Waals surface area contributed by atoms with Crippen LogP contribution >= 0.6 is 11.3 Å². The smallest absolute Gasteiger partial charge is 0.309 e. The lowest BCUT2D eigenvalue weighted by atomic mass is 10.1. The molecule has 0 bridgehead atoms. The van der Waals surface area contributed by atoms with Crippen LogP contribution in [0.15, 0.2) is 24.4 Å². The summed E-state index contributed by atoms with van der Waals surface area (Å²) in [5.41, 5.74) is -0.0649. The molecule has 1 unspecified atom stereocenters. The average Bonchev–Trinajstić information content (AvgIpc) is 2.84. The first-order valence-electron chi connectivity index (χ1n) is 5.48. The number of benzene rings is 1. The van der Waals surface area contributed by atoms with Gasteiger partial charge in [-0.15, -0.1) is 11.3 Å². The van der Waals surface area contributed by atoms with E-state index in [-0.39, 0.29) is 10.4 Å². The van der Waals surface area contributed by atoms with Crippen LogP contribution in [-0.2, 0) is 6.18 Å². The van der Waals surface area contributed by atoms with E-state index in [9.17, 15) is 22.0 Å². The Bertz CT molecular complexity index is 608. The van der Waals surface area contributed by atoms with Gasteiger partial charge in [0.2, 0.25) is 0 Å². The lowest BCUT2D eigenvalue weighted by Crippen LogP contribution is -2.18. The zero-order valence-corrected chi connectivity index (χ0v) is 10.9. The minimum Gasteiger partial charge on any atom is -0.309 e. The summed E-state index contributed by atoms with van der Waals surface area (Å²) in [6.07, 6.45) is -3.54. The molecule has 0 fully saturated rings. The van der Waals surface area contributed by atoms with Gasteiger partial charge in [-0.1, -0.05) is 0 Å². The van der Waals surface area contributed by atoms with E-state index in [1.165, 1.54) is 7.05 Å². The molecule has 0 aliphatic heterocycles. The minimum atomic E-state index is -4.55. The first kappa shape index (κ1) is 14.9. The lowest BCUT2D eigenvalue weighted by Gasteiger charge is -2.15. The zero-order chi connectivity index (χ0) is 14.9. The second-order valence-corrected chi connectivity index (χ2v) is 5.02. The van der Waals surface area contributed by atoms with Crippen LogP contribution in [0.3, 0.4) is 0 Å². The molecule has 0 aliphatic carbocycles. The Hall–Kier alpha value is -1.54. The maximum absolute atomic E-state index is 13.7. The van der Waals surface area contributed by atoms with Gasteiger partial charge in [0.25, 0.3) is 0 Å². The summed E-state index contributed by atoms with van der Waals surface area (Å²) in [5.74, 6) is -1.37. The van der Waals surface area contributed by atoms with Crippen LogP contribution in [0.25, 0.3) is 0 Å². The lowest BCUT2D eigenvalue weighted by molar-refractivity contribution is -0.137. The van der Waals surface area contributed by atoms with Gasteiger partial charge in [0.05, 0.1) is 6.04 Å². The van der Waals surface area contributed by atoms with Crippen molar-refractivity contribution in [2.45, 2.75) is 12.2 Å². The molecule has 0 spiro atoms. The molecule has 2 nitrogen and oxygen atoms in total. The molecule has 2 rings (SSSR count). The molecule has 1 atom stereocenters. The van der Waals surface area contributed by atoms with Crippen molar-refractivity contribution in [1.29, 1.82) is 0 Å². The highest BCUT2D eigenvalue weighted by Crippen LogP contribution is 2.36. The number of nitrogens with one attached hydrogen (secondary N) is 1. The number of nitrogens with zero attached hydrogens (tertiary/aromatic N) is 1. The fourth-order valence-electron chi connectivity index (χ4n) is 1.74. The molecule has 1 heterocycles. The Morgan fingerprint density at radius 2 is 1.95 bits per heavy atom. The highest BCUT2D eigenvalue weighted by Gasteiger charge is 2.35. The normalized spacial score (nSPS) is 13.5. The van der Waals surface area contributed by atoms with Crippen molar-refractivity contribution in [2.75, 3.05) is 7.05 Å². The molecular formula is C12H9F5N2S. The summed E-state index contributed by atoms with van der Waals surface area (Å²) >= 11 is 0.394. The van der Waals surface area contributed by atoms with Crippen LogP contribution in [0, 0.1) is 11.6 Å². The number of rotatable bonds is 3. The van der Waals surface area contributed by atoms with E-state index in [0.29, 0.717) is 11.3 Å². The quantitative estimate of drug-likeness (QED) is 0.874. The van der Waals surface area contributed by atoms with Gasteiger partial charge in [0, 0.05) is 16.6 Å². The first-order valence-corrected chi connectivity index (χ1v) is 6.29. The van der Waals surface area contributed by atoms with Crippen LogP contribution in [-0.4, -0.2) is 12.0 Å². The number of aromatic nitrogens is 1. The molecule has 0 aliphatic rings. The van der Waals surface area contributed by atoms with E-state index in [1.807, 2.05) is 0 Å². The van der Waals surface area contributed by atoms with Gasteiger partial charge in [0.1, 0.15) is 11.6 Å². The van der Waals surface area contributed by atoms with Crippen molar-refractivity contribution < 1.29 is 22.0 Å². The fraction of sp³-hybridized carbons (Fsp3) is 0.250. The van der Waals surface area contributed by atoms with Gasteiger partial charge in [-0.2, -0.15) is 13.2 Å². The van der Waals surface area contributed by atoms with Crippen molar-refractivity contribution in [3.8, 4) is 0 Å². The van der Waals surface area contributed by atoms with Gasteiger partial charge in [0.15, 0.2) is 5.01 Å². The van der Waals surface area contributed by atoms with Crippen LogP contribution in [0.1, 0.15) is 21.5 Å².